The summed E-state index contributed by atoms with van der Waals surface area (Å²) in [7, 11) is 1.53. The van der Waals surface area contributed by atoms with Crippen LogP contribution in [0, 0.1) is 11.8 Å². The molecule has 0 bridgehead atoms. The molecule has 1 aromatic rings. The lowest BCUT2D eigenvalue weighted by atomic mass is 10.3. The molecule has 2 fully saturated rings. The van der Waals surface area contributed by atoms with Crippen molar-refractivity contribution in [3.63, 3.8) is 0 Å². The number of hydrogen-bond acceptors (Lipinski definition) is 4. The van der Waals surface area contributed by atoms with Gasteiger partial charge in [0.1, 0.15) is 5.82 Å². The van der Waals surface area contributed by atoms with E-state index in [9.17, 15) is 13.2 Å². The molecule has 0 aliphatic heterocycles. The van der Waals surface area contributed by atoms with Crippen LogP contribution in [0.4, 0.5) is 24.9 Å². The Kier molecular flexibility index (Phi) is 3.67. The molecule has 0 radical (unpaired) electrons. The zero-order valence-corrected chi connectivity index (χ0v) is 12.0. The highest BCUT2D eigenvalue weighted by molar-refractivity contribution is 5.46. The third-order valence-electron chi connectivity index (χ3n) is 3.90. The van der Waals surface area contributed by atoms with Crippen molar-refractivity contribution in [2.75, 3.05) is 30.4 Å². The van der Waals surface area contributed by atoms with Crippen LogP contribution in [0.3, 0.4) is 0 Å². The topological polar surface area (TPSA) is 41.1 Å². The van der Waals surface area contributed by atoms with Crippen molar-refractivity contribution in [3.05, 3.63) is 11.8 Å². The van der Waals surface area contributed by atoms with Gasteiger partial charge in [-0.05, 0) is 37.5 Å². The quantitative estimate of drug-likeness (QED) is 0.876. The number of aromatic nitrogens is 2. The highest BCUT2D eigenvalue weighted by Crippen LogP contribution is 2.37. The summed E-state index contributed by atoms with van der Waals surface area (Å²) < 4.78 is 38.9. The predicted octanol–water partition coefficient (Wildman–Crippen LogP) is 3.16. The van der Waals surface area contributed by atoms with Gasteiger partial charge >= 0.3 is 6.18 Å². The monoisotopic (exact) mass is 300 g/mol. The number of nitrogens with one attached hydrogen (secondary N) is 1. The van der Waals surface area contributed by atoms with E-state index in [4.69, 9.17) is 0 Å². The molecule has 116 valence electrons. The maximum atomic E-state index is 13.0. The third kappa shape index (κ3) is 3.77. The van der Waals surface area contributed by atoms with Crippen molar-refractivity contribution in [1.82, 2.24) is 9.97 Å². The molecule has 7 heteroatoms. The van der Waals surface area contributed by atoms with Crippen LogP contribution >= 0.6 is 0 Å². The van der Waals surface area contributed by atoms with E-state index in [0.29, 0.717) is 17.7 Å². The average molecular weight is 300 g/mol. The number of halogens is 3. The minimum Gasteiger partial charge on any atom is -0.357 e. The molecule has 0 unspecified atom stereocenters. The van der Waals surface area contributed by atoms with Gasteiger partial charge in [0.25, 0.3) is 0 Å². The molecular formula is C14H19F3N4. The fourth-order valence-electron chi connectivity index (χ4n) is 2.34. The fourth-order valence-corrected chi connectivity index (χ4v) is 2.34. The Morgan fingerprint density at radius 3 is 2.14 bits per heavy atom. The van der Waals surface area contributed by atoms with E-state index in [0.717, 1.165) is 44.8 Å². The Hall–Kier alpha value is -1.53. The second-order valence-corrected chi connectivity index (χ2v) is 5.97. The maximum Gasteiger partial charge on any atom is 0.433 e. The van der Waals surface area contributed by atoms with Crippen LogP contribution in [0.5, 0.6) is 0 Å². The summed E-state index contributed by atoms with van der Waals surface area (Å²) >= 11 is 0. The predicted molar refractivity (Wildman–Crippen MR) is 74.2 cm³/mol. The molecule has 0 saturated heterocycles. The number of alkyl halides is 3. The maximum absolute atomic E-state index is 13.0. The minimum atomic E-state index is -4.45. The van der Waals surface area contributed by atoms with Crippen molar-refractivity contribution in [2.45, 2.75) is 31.9 Å². The zero-order chi connectivity index (χ0) is 15.0. The van der Waals surface area contributed by atoms with E-state index in [1.807, 2.05) is 4.90 Å². The van der Waals surface area contributed by atoms with Gasteiger partial charge in [0, 0.05) is 26.2 Å². The Bertz CT molecular complexity index is 495. The molecule has 3 rings (SSSR count). The number of rotatable bonds is 6. The third-order valence-corrected chi connectivity index (χ3v) is 3.90. The first-order valence-corrected chi connectivity index (χ1v) is 7.34. The van der Waals surface area contributed by atoms with Gasteiger partial charge in [0.15, 0.2) is 5.69 Å². The fraction of sp³-hybridized carbons (Fsp3) is 0.714. The molecule has 21 heavy (non-hydrogen) atoms. The van der Waals surface area contributed by atoms with E-state index < -0.39 is 11.9 Å². The SMILES string of the molecule is CNc1nc(N(CC2CC2)CC2CC2)cc(C(F)(F)F)n1. The van der Waals surface area contributed by atoms with Crippen LogP contribution in [0.25, 0.3) is 0 Å². The molecule has 0 spiro atoms. The first-order valence-electron chi connectivity index (χ1n) is 7.34. The molecule has 2 aliphatic rings. The Balaban J connectivity index is 1.88. The highest BCUT2D eigenvalue weighted by Gasteiger charge is 2.35. The van der Waals surface area contributed by atoms with Gasteiger partial charge in [-0.2, -0.15) is 18.2 Å². The number of nitrogens with zero attached hydrogens (tertiary/aromatic N) is 3. The Morgan fingerprint density at radius 1 is 1.14 bits per heavy atom. The molecule has 4 nitrogen and oxygen atoms in total. The standard InChI is InChI=1S/C14H19F3N4/c1-18-13-19-11(14(15,16)17)6-12(20-13)21(7-9-2-3-9)8-10-4-5-10/h6,9-10H,2-5,7-8H2,1H3,(H,18,19,20). The lowest BCUT2D eigenvalue weighted by Gasteiger charge is -2.24. The van der Waals surface area contributed by atoms with E-state index in [-0.39, 0.29) is 5.95 Å². The highest BCUT2D eigenvalue weighted by atomic mass is 19.4. The van der Waals surface area contributed by atoms with Crippen molar-refractivity contribution in [1.29, 1.82) is 0 Å². The number of hydrogen-bond donors (Lipinski definition) is 1. The first kappa shape index (κ1) is 14.4. The van der Waals surface area contributed by atoms with Crippen molar-refractivity contribution >= 4 is 11.8 Å². The van der Waals surface area contributed by atoms with Gasteiger partial charge in [0.2, 0.25) is 5.95 Å². The summed E-state index contributed by atoms with van der Waals surface area (Å²) in [6.45, 7) is 1.60. The van der Waals surface area contributed by atoms with E-state index >= 15 is 0 Å². The first-order chi connectivity index (χ1) is 9.95. The normalized spacial score (nSPS) is 18.7. The van der Waals surface area contributed by atoms with Gasteiger partial charge in [-0.25, -0.2) is 4.98 Å². The van der Waals surface area contributed by atoms with Crippen LogP contribution in [0.15, 0.2) is 6.07 Å². The van der Waals surface area contributed by atoms with E-state index in [2.05, 4.69) is 15.3 Å². The number of anilines is 2. The summed E-state index contributed by atoms with van der Waals surface area (Å²) in [6, 6.07) is 1.08. The Morgan fingerprint density at radius 2 is 1.71 bits per heavy atom. The van der Waals surface area contributed by atoms with Crippen molar-refractivity contribution in [2.24, 2.45) is 11.8 Å². The van der Waals surface area contributed by atoms with Gasteiger partial charge < -0.3 is 10.2 Å². The summed E-state index contributed by atoms with van der Waals surface area (Å²) in [5.74, 6) is 1.62. The zero-order valence-electron chi connectivity index (χ0n) is 12.0. The van der Waals surface area contributed by atoms with Gasteiger partial charge in [-0.1, -0.05) is 0 Å². The molecule has 1 aromatic heterocycles. The van der Waals surface area contributed by atoms with Crippen LogP contribution in [-0.4, -0.2) is 30.1 Å². The van der Waals surface area contributed by atoms with Gasteiger partial charge in [-0.15, -0.1) is 0 Å². The second-order valence-electron chi connectivity index (χ2n) is 5.97. The van der Waals surface area contributed by atoms with Gasteiger partial charge in [-0.3, -0.25) is 0 Å². The second kappa shape index (κ2) is 5.35. The van der Waals surface area contributed by atoms with Crippen LogP contribution in [-0.2, 0) is 6.18 Å². The van der Waals surface area contributed by atoms with Crippen molar-refractivity contribution < 1.29 is 13.2 Å². The molecule has 1 heterocycles. The molecule has 1 N–H and O–H groups in total. The lowest BCUT2D eigenvalue weighted by molar-refractivity contribution is -0.141. The molecular weight excluding hydrogens is 281 g/mol. The average Bonchev–Trinajstić information content (AvgIpc) is 3.31. The molecule has 2 aliphatic carbocycles. The lowest BCUT2D eigenvalue weighted by Crippen LogP contribution is -2.29. The summed E-state index contributed by atoms with van der Waals surface area (Å²) in [6.07, 6.45) is 0.206. The molecule has 0 aromatic carbocycles. The largest absolute Gasteiger partial charge is 0.433 e. The minimum absolute atomic E-state index is 0.0245. The smallest absolute Gasteiger partial charge is 0.357 e. The molecule has 0 atom stereocenters. The van der Waals surface area contributed by atoms with Gasteiger partial charge in [0.05, 0.1) is 0 Å². The van der Waals surface area contributed by atoms with Crippen molar-refractivity contribution in [3.8, 4) is 0 Å². The molecule has 0 amide bonds. The molecule has 2 saturated carbocycles. The summed E-state index contributed by atoms with van der Waals surface area (Å²) in [4.78, 5) is 9.76. The van der Waals surface area contributed by atoms with Crippen LogP contribution in [0.1, 0.15) is 31.4 Å². The summed E-state index contributed by atoms with van der Waals surface area (Å²) in [5.41, 5.74) is -0.881. The van der Waals surface area contributed by atoms with E-state index in [1.54, 1.807) is 0 Å². The van der Waals surface area contributed by atoms with E-state index in [1.165, 1.54) is 7.05 Å². The summed E-state index contributed by atoms with van der Waals surface area (Å²) in [5, 5.41) is 2.62. The Labute approximate surface area is 121 Å². The van der Waals surface area contributed by atoms with Crippen LogP contribution in [0.2, 0.25) is 0 Å². The van der Waals surface area contributed by atoms with Crippen LogP contribution < -0.4 is 10.2 Å².